The zero-order valence-electron chi connectivity index (χ0n) is 12.2. The second kappa shape index (κ2) is 7.54. The summed E-state index contributed by atoms with van der Waals surface area (Å²) in [5, 5.41) is 1.37. The number of anilines is 1. The van der Waals surface area contributed by atoms with E-state index in [0.717, 1.165) is 5.69 Å². The lowest BCUT2D eigenvalue weighted by molar-refractivity contribution is 0.549. The predicted octanol–water partition coefficient (Wildman–Crippen LogP) is 4.36. The van der Waals surface area contributed by atoms with Gasteiger partial charge in [0, 0.05) is 19.1 Å². The number of rotatable bonds is 2. The molecule has 3 nitrogen and oxygen atoms in total. The van der Waals surface area contributed by atoms with Crippen molar-refractivity contribution >= 4 is 52.0 Å². The van der Waals surface area contributed by atoms with Gasteiger partial charge in [0.2, 0.25) is 0 Å². The molecule has 0 aliphatic heterocycles. The summed E-state index contributed by atoms with van der Waals surface area (Å²) >= 11 is 16.8. The second-order valence-corrected chi connectivity index (χ2v) is 5.82. The van der Waals surface area contributed by atoms with Gasteiger partial charge in [0.15, 0.2) is 5.11 Å². The molecule has 0 heterocycles. The minimum atomic E-state index is 0.243. The van der Waals surface area contributed by atoms with E-state index in [1.165, 1.54) is 0 Å². The number of hydrogen-bond donors (Lipinski definition) is 0. The van der Waals surface area contributed by atoms with Crippen LogP contribution in [0.25, 0.3) is 0 Å². The van der Waals surface area contributed by atoms with Gasteiger partial charge in [-0.3, -0.25) is 0 Å². The summed E-state index contributed by atoms with van der Waals surface area (Å²) in [6.45, 7) is 0. The molecule has 0 N–H and O–H groups in total. The van der Waals surface area contributed by atoms with Crippen LogP contribution in [0.5, 0.6) is 5.75 Å². The van der Waals surface area contributed by atoms with Gasteiger partial charge >= 0.3 is 0 Å². The van der Waals surface area contributed by atoms with Gasteiger partial charge in [-0.25, -0.2) is 4.90 Å². The summed E-state index contributed by atoms with van der Waals surface area (Å²) in [6, 6.07) is 16.7. The summed E-state index contributed by atoms with van der Waals surface area (Å²) in [7, 11) is 3.72. The van der Waals surface area contributed by atoms with Gasteiger partial charge in [-0.1, -0.05) is 35.9 Å². The third-order valence-corrected chi connectivity index (χ3v) is 3.82. The largest absolute Gasteiger partial charge is 0.431 e. The Morgan fingerprint density at radius 1 is 1.00 bits per heavy atom. The number of nitrogens with zero attached hydrogens (tertiary/aromatic N) is 2. The molecule has 2 aromatic carbocycles. The molecule has 0 spiro atoms. The van der Waals surface area contributed by atoms with Crippen LogP contribution in [0.3, 0.4) is 0 Å². The molecule has 22 heavy (non-hydrogen) atoms. The Kier molecular flexibility index (Phi) is 5.71. The standard InChI is InChI=1S/C16H15ClN2OS2/c1-18(2)15(21)19(13-8-4-3-5-9-13)16(22)20-14-10-6-7-12(17)11-14/h3-11H,1-2H3. The summed E-state index contributed by atoms with van der Waals surface area (Å²) < 4.78 is 5.74. The van der Waals surface area contributed by atoms with Crippen LogP contribution in [-0.4, -0.2) is 29.3 Å². The van der Waals surface area contributed by atoms with Gasteiger partial charge in [0.1, 0.15) is 5.75 Å². The molecule has 0 radical (unpaired) electrons. The van der Waals surface area contributed by atoms with E-state index in [2.05, 4.69) is 0 Å². The molecule has 2 rings (SSSR count). The van der Waals surface area contributed by atoms with Crippen LogP contribution < -0.4 is 9.64 Å². The first-order chi connectivity index (χ1) is 10.5. The average molecular weight is 351 g/mol. The molecule has 114 valence electrons. The van der Waals surface area contributed by atoms with E-state index >= 15 is 0 Å². The van der Waals surface area contributed by atoms with E-state index < -0.39 is 0 Å². The van der Waals surface area contributed by atoms with Gasteiger partial charge < -0.3 is 9.64 Å². The van der Waals surface area contributed by atoms with Crippen molar-refractivity contribution in [3.63, 3.8) is 0 Å². The summed E-state index contributed by atoms with van der Waals surface area (Å²) in [5.74, 6) is 0.569. The first-order valence-electron chi connectivity index (χ1n) is 6.53. The summed E-state index contributed by atoms with van der Waals surface area (Å²) in [6.07, 6.45) is 0. The molecule has 2 aromatic rings. The Balaban J connectivity index is 2.29. The fourth-order valence-electron chi connectivity index (χ4n) is 1.75. The number of hydrogen-bond acceptors (Lipinski definition) is 3. The quantitative estimate of drug-likeness (QED) is 0.746. The smallest absolute Gasteiger partial charge is 0.275 e. The molecule has 6 heteroatoms. The van der Waals surface area contributed by atoms with Crippen molar-refractivity contribution in [1.29, 1.82) is 0 Å². The van der Waals surface area contributed by atoms with Crippen LogP contribution in [0.15, 0.2) is 54.6 Å². The number of halogens is 1. The third-order valence-electron chi connectivity index (χ3n) is 2.77. The van der Waals surface area contributed by atoms with Crippen molar-refractivity contribution < 1.29 is 4.74 Å². The van der Waals surface area contributed by atoms with Crippen molar-refractivity contribution in [3.8, 4) is 5.75 Å². The zero-order valence-corrected chi connectivity index (χ0v) is 14.6. The van der Waals surface area contributed by atoms with E-state index in [9.17, 15) is 0 Å². The third kappa shape index (κ3) is 4.16. The van der Waals surface area contributed by atoms with Gasteiger partial charge in [0.05, 0.1) is 5.69 Å². The predicted molar refractivity (Wildman–Crippen MR) is 99.9 cm³/mol. The Labute approximate surface area is 146 Å². The van der Waals surface area contributed by atoms with Gasteiger partial charge in [-0.2, -0.15) is 0 Å². The normalized spacial score (nSPS) is 9.95. The molecule has 0 fully saturated rings. The van der Waals surface area contributed by atoms with E-state index in [-0.39, 0.29) is 5.17 Å². The highest BCUT2D eigenvalue weighted by atomic mass is 35.5. The average Bonchev–Trinajstić information content (AvgIpc) is 2.48. The molecule has 0 atom stereocenters. The molecule has 0 amide bonds. The molecular formula is C16H15ClN2OS2. The summed E-state index contributed by atoms with van der Waals surface area (Å²) in [4.78, 5) is 3.50. The maximum atomic E-state index is 5.97. The lowest BCUT2D eigenvalue weighted by atomic mass is 10.3. The molecule has 0 aliphatic carbocycles. The number of ether oxygens (including phenoxy) is 1. The monoisotopic (exact) mass is 350 g/mol. The van der Waals surface area contributed by atoms with E-state index in [0.29, 0.717) is 15.9 Å². The number of thiocarbonyl (C=S) groups is 2. The second-order valence-electron chi connectivity index (χ2n) is 4.67. The van der Waals surface area contributed by atoms with E-state index in [4.69, 9.17) is 40.8 Å². The lowest BCUT2D eigenvalue weighted by Crippen LogP contribution is -2.44. The zero-order chi connectivity index (χ0) is 16.1. The Bertz CT molecular complexity index is 677. The Hall–Kier alpha value is -1.69. The highest BCUT2D eigenvalue weighted by Gasteiger charge is 2.20. The number of para-hydroxylation sites is 1. The van der Waals surface area contributed by atoms with Crippen molar-refractivity contribution in [2.75, 3.05) is 19.0 Å². The van der Waals surface area contributed by atoms with Crippen LogP contribution in [0.2, 0.25) is 5.02 Å². The van der Waals surface area contributed by atoms with Crippen molar-refractivity contribution in [3.05, 3.63) is 59.6 Å². The van der Waals surface area contributed by atoms with Crippen LogP contribution in [0.4, 0.5) is 5.69 Å². The van der Waals surface area contributed by atoms with Gasteiger partial charge in [0.25, 0.3) is 5.17 Å². The molecule has 0 unspecified atom stereocenters. The number of benzene rings is 2. The Morgan fingerprint density at radius 2 is 1.68 bits per heavy atom. The molecule has 0 aliphatic rings. The topological polar surface area (TPSA) is 15.7 Å². The maximum Gasteiger partial charge on any atom is 0.275 e. The highest BCUT2D eigenvalue weighted by Crippen LogP contribution is 2.21. The Morgan fingerprint density at radius 3 is 2.27 bits per heavy atom. The molecule has 0 saturated carbocycles. The van der Waals surface area contributed by atoms with Crippen LogP contribution >= 0.6 is 36.0 Å². The highest BCUT2D eigenvalue weighted by molar-refractivity contribution is 7.82. The van der Waals surface area contributed by atoms with Gasteiger partial charge in [-0.15, -0.1) is 0 Å². The van der Waals surface area contributed by atoms with Crippen LogP contribution in [0, 0.1) is 0 Å². The minimum absolute atomic E-state index is 0.243. The fraction of sp³-hybridized carbons (Fsp3) is 0.125. The van der Waals surface area contributed by atoms with Crippen molar-refractivity contribution in [2.24, 2.45) is 0 Å². The van der Waals surface area contributed by atoms with E-state index in [1.807, 2.05) is 44.4 Å². The molecular weight excluding hydrogens is 336 g/mol. The van der Waals surface area contributed by atoms with E-state index in [1.54, 1.807) is 34.1 Å². The summed E-state index contributed by atoms with van der Waals surface area (Å²) in [5.41, 5.74) is 0.841. The van der Waals surface area contributed by atoms with Crippen LogP contribution in [-0.2, 0) is 0 Å². The van der Waals surface area contributed by atoms with Crippen molar-refractivity contribution in [1.82, 2.24) is 4.90 Å². The molecule has 0 bridgehead atoms. The maximum absolute atomic E-state index is 5.97. The molecule has 0 saturated heterocycles. The SMILES string of the molecule is CN(C)C(=S)N(C(=S)Oc1cccc(Cl)c1)c1ccccc1. The fourth-order valence-corrected chi connectivity index (χ4v) is 2.46. The van der Waals surface area contributed by atoms with Crippen LogP contribution in [0.1, 0.15) is 0 Å². The first-order valence-corrected chi connectivity index (χ1v) is 7.72. The lowest BCUT2D eigenvalue weighted by Gasteiger charge is -2.28. The first kappa shape index (κ1) is 16.7. The van der Waals surface area contributed by atoms with Gasteiger partial charge in [-0.05, 0) is 54.8 Å². The molecule has 0 aromatic heterocycles. The van der Waals surface area contributed by atoms with Crippen molar-refractivity contribution in [2.45, 2.75) is 0 Å². The minimum Gasteiger partial charge on any atom is -0.431 e.